The maximum Gasteiger partial charge on any atom is 0.171 e. The lowest BCUT2D eigenvalue weighted by Gasteiger charge is -2.18. The van der Waals surface area contributed by atoms with Gasteiger partial charge in [0.1, 0.15) is 6.61 Å². The molecule has 188 valence electrons. The van der Waals surface area contributed by atoms with Crippen LogP contribution in [-0.4, -0.2) is 11.7 Å². The van der Waals surface area contributed by atoms with Crippen LogP contribution in [0.1, 0.15) is 33.4 Å². The summed E-state index contributed by atoms with van der Waals surface area (Å²) in [5.74, 6) is 0. The predicted molar refractivity (Wildman–Crippen MR) is 153 cm³/mol. The van der Waals surface area contributed by atoms with Crippen LogP contribution in [0.3, 0.4) is 0 Å². The van der Waals surface area contributed by atoms with Crippen molar-refractivity contribution in [3.05, 3.63) is 173 Å². The maximum absolute atomic E-state index is 9.10. The van der Waals surface area contributed by atoms with Crippen molar-refractivity contribution in [1.82, 2.24) is 0 Å². The van der Waals surface area contributed by atoms with E-state index in [1.165, 1.54) is 33.4 Å². The van der Waals surface area contributed by atoms with Crippen molar-refractivity contribution in [3.8, 4) is 0 Å². The topological polar surface area (TPSA) is 24.1 Å². The lowest BCUT2D eigenvalue weighted by molar-refractivity contribution is -0.698. The molecule has 0 atom stereocenters. The van der Waals surface area contributed by atoms with Crippen molar-refractivity contribution in [3.63, 3.8) is 0 Å². The molecule has 2 nitrogen and oxygen atoms in total. The molecule has 0 unspecified atom stereocenters. The van der Waals surface area contributed by atoms with Crippen LogP contribution in [0.5, 0.6) is 0 Å². The highest BCUT2D eigenvalue weighted by Gasteiger charge is 2.15. The van der Waals surface area contributed by atoms with E-state index in [1.807, 2.05) is 17.0 Å². The zero-order chi connectivity index (χ0) is 25.3. The molecule has 1 heterocycles. The molecule has 5 aromatic rings. The van der Waals surface area contributed by atoms with E-state index in [1.54, 1.807) is 0 Å². The molecule has 1 aromatic heterocycles. The minimum absolute atomic E-state index is 0. The first-order valence-electron chi connectivity index (χ1n) is 12.6. The van der Waals surface area contributed by atoms with Crippen LogP contribution in [0.25, 0.3) is 23.3 Å². The first-order chi connectivity index (χ1) is 18.3. The normalized spacial score (nSPS) is 10.7. The van der Waals surface area contributed by atoms with Crippen molar-refractivity contribution < 1.29 is 26.7 Å². The molecule has 0 radical (unpaired) electrons. The second-order valence-corrected chi connectivity index (χ2v) is 8.90. The molecule has 0 amide bonds. The Balaban J connectivity index is 0.00000336. The Morgan fingerprint density at radius 3 is 1.26 bits per heavy atom. The Morgan fingerprint density at radius 2 is 0.868 bits per heavy atom. The van der Waals surface area contributed by atoms with Gasteiger partial charge in [-0.3, -0.25) is 0 Å². The van der Waals surface area contributed by atoms with Gasteiger partial charge >= 0.3 is 0 Å². The second-order valence-electron chi connectivity index (χ2n) is 8.90. The highest BCUT2D eigenvalue weighted by molar-refractivity contribution is 6.04. The van der Waals surface area contributed by atoms with E-state index >= 15 is 0 Å². The van der Waals surface area contributed by atoms with Gasteiger partial charge in [0.2, 0.25) is 0 Å². The number of aliphatic hydroxyl groups excluding tert-OH is 1. The molecule has 3 heteroatoms. The monoisotopic (exact) mass is 559 g/mol. The third-order valence-electron chi connectivity index (χ3n) is 6.38. The average molecular weight is 561 g/mol. The molecule has 0 bridgehead atoms. The number of nitrogens with zero attached hydrogens (tertiary/aromatic N) is 1. The van der Waals surface area contributed by atoms with E-state index in [0.29, 0.717) is 6.54 Å². The molecule has 4 aromatic carbocycles. The van der Waals surface area contributed by atoms with Crippen LogP contribution in [0, 0.1) is 0 Å². The van der Waals surface area contributed by atoms with E-state index < -0.39 is 0 Å². The summed E-state index contributed by atoms with van der Waals surface area (Å²) < 4.78 is 1.97. The van der Waals surface area contributed by atoms with Crippen LogP contribution in [0.4, 0.5) is 0 Å². The van der Waals surface area contributed by atoms with E-state index in [9.17, 15) is 0 Å². The van der Waals surface area contributed by atoms with E-state index in [2.05, 4.69) is 140 Å². The summed E-state index contributed by atoms with van der Waals surface area (Å²) in [6.07, 6.45) is 8.23. The maximum atomic E-state index is 9.10. The van der Waals surface area contributed by atoms with Gasteiger partial charge < -0.3 is 22.1 Å². The van der Waals surface area contributed by atoms with Gasteiger partial charge in [-0.25, -0.2) is 4.57 Å². The van der Waals surface area contributed by atoms with Crippen LogP contribution in [0.2, 0.25) is 0 Å². The molecule has 0 aliphatic heterocycles. The fourth-order valence-electron chi connectivity index (χ4n) is 4.52. The van der Waals surface area contributed by atoms with Gasteiger partial charge in [0.05, 0.1) is 0 Å². The van der Waals surface area contributed by atoms with Crippen molar-refractivity contribution in [2.24, 2.45) is 0 Å². The number of pyridine rings is 1. The lowest BCUT2D eigenvalue weighted by Crippen LogP contribution is -3.00. The minimum atomic E-state index is 0. The van der Waals surface area contributed by atoms with Crippen molar-refractivity contribution in [2.45, 2.75) is 6.54 Å². The standard InChI is InChI=1S/C35H30NO.BrH/c37-27-26-36-24-22-29(23-25-36)17-16-28-18-20-33(21-19-28)35(32-14-8-3-9-15-32)34(30-10-4-1-5-11-30)31-12-6-2-7-13-31;/h1-25,37H,26-27H2;1H/q+1;/p-1. The fourth-order valence-corrected chi connectivity index (χ4v) is 4.52. The third kappa shape index (κ3) is 6.63. The van der Waals surface area contributed by atoms with Crippen molar-refractivity contribution >= 4 is 23.3 Å². The summed E-state index contributed by atoms with van der Waals surface area (Å²) in [6.45, 7) is 0.749. The van der Waals surface area contributed by atoms with E-state index in [4.69, 9.17) is 5.11 Å². The molecular weight excluding hydrogens is 530 g/mol. The van der Waals surface area contributed by atoms with Crippen LogP contribution in [0.15, 0.2) is 140 Å². The molecule has 0 spiro atoms. The summed E-state index contributed by atoms with van der Waals surface area (Å²) >= 11 is 0. The summed E-state index contributed by atoms with van der Waals surface area (Å²) in [5.41, 5.74) is 9.45. The fraction of sp³-hybridized carbons (Fsp3) is 0.0571. The summed E-state index contributed by atoms with van der Waals surface area (Å²) in [5, 5.41) is 9.10. The largest absolute Gasteiger partial charge is 1.00 e. The Hall–Kier alpha value is -4.05. The zero-order valence-corrected chi connectivity index (χ0v) is 22.7. The van der Waals surface area contributed by atoms with Gasteiger partial charge in [0.15, 0.2) is 18.9 Å². The van der Waals surface area contributed by atoms with Gasteiger partial charge in [-0.2, -0.15) is 0 Å². The summed E-state index contributed by atoms with van der Waals surface area (Å²) in [6, 6.07) is 44.8. The zero-order valence-electron chi connectivity index (χ0n) is 21.1. The Morgan fingerprint density at radius 1 is 0.500 bits per heavy atom. The van der Waals surface area contributed by atoms with E-state index in [-0.39, 0.29) is 23.6 Å². The number of aliphatic hydroxyl groups is 1. The Labute approximate surface area is 235 Å². The molecular formula is C35H30BrNO. The second kappa shape index (κ2) is 13.5. The van der Waals surface area contributed by atoms with Crippen molar-refractivity contribution in [2.75, 3.05) is 6.61 Å². The molecule has 0 fully saturated rings. The smallest absolute Gasteiger partial charge is 0.171 e. The Bertz CT molecular complexity index is 1430. The number of hydrogen-bond acceptors (Lipinski definition) is 1. The minimum Gasteiger partial charge on any atom is -1.00 e. The average Bonchev–Trinajstić information content (AvgIpc) is 2.97. The number of benzene rings is 4. The van der Waals surface area contributed by atoms with Crippen LogP contribution in [-0.2, 0) is 6.54 Å². The Kier molecular flexibility index (Phi) is 9.58. The van der Waals surface area contributed by atoms with Gasteiger partial charge in [0.25, 0.3) is 0 Å². The molecule has 0 saturated carbocycles. The number of hydrogen-bond donors (Lipinski definition) is 1. The molecule has 38 heavy (non-hydrogen) atoms. The van der Waals surface area contributed by atoms with E-state index in [0.717, 1.165) is 11.1 Å². The van der Waals surface area contributed by atoms with Gasteiger partial charge in [-0.05, 0) is 44.5 Å². The number of aromatic nitrogens is 1. The molecule has 1 N–H and O–H groups in total. The molecule has 0 aliphatic rings. The highest BCUT2D eigenvalue weighted by Crippen LogP contribution is 2.36. The van der Waals surface area contributed by atoms with Gasteiger partial charge in [-0.1, -0.05) is 127 Å². The summed E-state index contributed by atoms with van der Waals surface area (Å²) in [4.78, 5) is 0. The molecule has 5 rings (SSSR count). The molecule has 0 aliphatic carbocycles. The van der Waals surface area contributed by atoms with Crippen LogP contribution < -0.4 is 21.5 Å². The third-order valence-corrected chi connectivity index (χ3v) is 6.38. The predicted octanol–water partition coefficient (Wildman–Crippen LogP) is 4.15. The first-order valence-corrected chi connectivity index (χ1v) is 12.6. The summed E-state index contributed by atoms with van der Waals surface area (Å²) in [7, 11) is 0. The number of halogens is 1. The van der Waals surface area contributed by atoms with Gasteiger partial charge in [-0.15, -0.1) is 0 Å². The SMILES string of the molecule is OCC[n+]1ccc(C=Cc2ccc(C(=C(c3ccccc3)c3ccccc3)c3ccccc3)cc2)cc1.[Br-]. The van der Waals surface area contributed by atoms with Crippen molar-refractivity contribution in [1.29, 1.82) is 0 Å². The molecule has 0 saturated heterocycles. The quantitative estimate of drug-likeness (QED) is 0.224. The first kappa shape index (κ1) is 27.0. The van der Waals surface area contributed by atoms with Crippen LogP contribution >= 0.6 is 0 Å². The highest BCUT2D eigenvalue weighted by atomic mass is 79.9. The lowest BCUT2D eigenvalue weighted by atomic mass is 9.85. The number of rotatable bonds is 8. The van der Waals surface area contributed by atoms with Gasteiger partial charge in [0, 0.05) is 12.1 Å².